The van der Waals surface area contributed by atoms with Gasteiger partial charge in [-0.1, -0.05) is 0 Å². The monoisotopic (exact) mass is 405 g/mol. The van der Waals surface area contributed by atoms with Crippen LogP contribution in [-0.2, 0) is 0 Å². The first-order chi connectivity index (χ1) is 14.8. The van der Waals surface area contributed by atoms with Crippen LogP contribution in [0.25, 0.3) is 28.1 Å². The van der Waals surface area contributed by atoms with E-state index >= 15 is 0 Å². The minimum Gasteiger partial charge on any atom is -0.493 e. The molecule has 0 amide bonds. The maximum atomic E-state index is 5.98. The summed E-state index contributed by atoms with van der Waals surface area (Å²) in [6.07, 6.45) is 4.13. The van der Waals surface area contributed by atoms with Gasteiger partial charge in [-0.05, 0) is 72.8 Å². The molecule has 0 aliphatic carbocycles. The number of rotatable bonds is 7. The first-order valence-corrected chi connectivity index (χ1v) is 10.1. The van der Waals surface area contributed by atoms with Crippen LogP contribution < -0.4 is 9.47 Å². The molecule has 1 N–H and O–H groups in total. The fourth-order valence-corrected chi connectivity index (χ4v) is 3.78. The number of imidazole rings is 1. The van der Waals surface area contributed by atoms with E-state index in [0.717, 1.165) is 40.4 Å². The number of likely N-dealkylation sites (tertiary alicyclic amines) is 1. The Labute approximate surface area is 173 Å². The van der Waals surface area contributed by atoms with Crippen LogP contribution in [0.1, 0.15) is 12.8 Å². The van der Waals surface area contributed by atoms with Crippen LogP contribution in [0, 0.1) is 0 Å². The predicted octanol–water partition coefficient (Wildman–Crippen LogP) is 2.69. The zero-order valence-electron chi connectivity index (χ0n) is 16.8. The molecule has 0 bridgehead atoms. The molecule has 0 atom stereocenters. The SMILES string of the molecule is COc1cc(-c2nc3ccc(-n4cnnn4)cc3[nH]2)ccc1OCCN1CCCC1. The number of hydrogen-bond acceptors (Lipinski definition) is 7. The molecule has 5 rings (SSSR count). The highest BCUT2D eigenvalue weighted by molar-refractivity contribution is 5.81. The molecule has 1 saturated heterocycles. The number of hydrogen-bond donors (Lipinski definition) is 1. The van der Waals surface area contributed by atoms with Crippen molar-refractivity contribution in [2.24, 2.45) is 0 Å². The van der Waals surface area contributed by atoms with Crippen molar-refractivity contribution in [1.82, 2.24) is 35.1 Å². The predicted molar refractivity (Wildman–Crippen MR) is 112 cm³/mol. The molecule has 3 heterocycles. The van der Waals surface area contributed by atoms with E-state index in [-0.39, 0.29) is 0 Å². The summed E-state index contributed by atoms with van der Waals surface area (Å²) in [7, 11) is 1.66. The third kappa shape index (κ3) is 3.71. The number of tetrazole rings is 1. The second-order valence-corrected chi connectivity index (χ2v) is 7.30. The molecule has 154 valence electrons. The average Bonchev–Trinajstić information content (AvgIpc) is 3.54. The summed E-state index contributed by atoms with van der Waals surface area (Å²) < 4.78 is 13.2. The number of aromatic amines is 1. The Morgan fingerprint density at radius 1 is 1.07 bits per heavy atom. The molecule has 9 heteroatoms. The summed E-state index contributed by atoms with van der Waals surface area (Å²) in [5.74, 6) is 2.21. The summed E-state index contributed by atoms with van der Waals surface area (Å²) >= 11 is 0. The van der Waals surface area contributed by atoms with E-state index < -0.39 is 0 Å². The van der Waals surface area contributed by atoms with Gasteiger partial charge in [-0.15, -0.1) is 5.10 Å². The fraction of sp³-hybridized carbons (Fsp3) is 0.333. The number of nitrogens with one attached hydrogen (secondary N) is 1. The van der Waals surface area contributed by atoms with Gasteiger partial charge in [0.1, 0.15) is 18.8 Å². The van der Waals surface area contributed by atoms with Crippen molar-refractivity contribution < 1.29 is 9.47 Å². The molecule has 1 aliphatic heterocycles. The Morgan fingerprint density at radius 3 is 2.77 bits per heavy atom. The number of ether oxygens (including phenoxy) is 2. The summed E-state index contributed by atoms with van der Waals surface area (Å²) in [6, 6.07) is 11.7. The molecule has 0 spiro atoms. The zero-order chi connectivity index (χ0) is 20.3. The van der Waals surface area contributed by atoms with E-state index in [1.54, 1.807) is 18.1 Å². The number of nitrogens with zero attached hydrogens (tertiary/aromatic N) is 6. The maximum absolute atomic E-state index is 5.98. The lowest BCUT2D eigenvalue weighted by Gasteiger charge is -2.16. The summed E-state index contributed by atoms with van der Waals surface area (Å²) in [4.78, 5) is 10.5. The Hall–Kier alpha value is -3.46. The topological polar surface area (TPSA) is 94.0 Å². The van der Waals surface area contributed by atoms with Crippen LogP contribution in [0.4, 0.5) is 0 Å². The third-order valence-electron chi connectivity index (χ3n) is 5.38. The van der Waals surface area contributed by atoms with Crippen molar-refractivity contribution in [1.29, 1.82) is 0 Å². The van der Waals surface area contributed by atoms with Gasteiger partial charge in [-0.25, -0.2) is 9.67 Å². The number of methoxy groups -OCH3 is 1. The molecule has 2 aromatic heterocycles. The molecule has 0 saturated carbocycles. The minimum atomic E-state index is 0.653. The summed E-state index contributed by atoms with van der Waals surface area (Å²) in [6.45, 7) is 3.93. The maximum Gasteiger partial charge on any atom is 0.161 e. The molecular formula is C21H23N7O2. The molecule has 0 radical (unpaired) electrons. The van der Waals surface area contributed by atoms with Gasteiger partial charge >= 0.3 is 0 Å². The first-order valence-electron chi connectivity index (χ1n) is 10.1. The quantitative estimate of drug-likeness (QED) is 0.505. The minimum absolute atomic E-state index is 0.653. The Morgan fingerprint density at radius 2 is 1.97 bits per heavy atom. The average molecular weight is 405 g/mol. The van der Waals surface area contributed by atoms with Crippen LogP contribution in [0.3, 0.4) is 0 Å². The van der Waals surface area contributed by atoms with Gasteiger partial charge in [0, 0.05) is 12.1 Å². The van der Waals surface area contributed by atoms with E-state index in [0.29, 0.717) is 12.4 Å². The highest BCUT2D eigenvalue weighted by atomic mass is 16.5. The second kappa shape index (κ2) is 8.11. The molecule has 9 nitrogen and oxygen atoms in total. The number of H-pyrrole nitrogens is 1. The lowest BCUT2D eigenvalue weighted by Crippen LogP contribution is -2.25. The summed E-state index contributed by atoms with van der Waals surface area (Å²) in [5, 5.41) is 11.3. The lowest BCUT2D eigenvalue weighted by molar-refractivity contribution is 0.230. The van der Waals surface area contributed by atoms with E-state index in [4.69, 9.17) is 14.5 Å². The van der Waals surface area contributed by atoms with Crippen LogP contribution in [0.15, 0.2) is 42.7 Å². The fourth-order valence-electron chi connectivity index (χ4n) is 3.78. The van der Waals surface area contributed by atoms with Gasteiger partial charge in [-0.2, -0.15) is 0 Å². The Kier molecular flexibility index (Phi) is 5.02. The largest absolute Gasteiger partial charge is 0.493 e. The third-order valence-corrected chi connectivity index (χ3v) is 5.38. The highest BCUT2D eigenvalue weighted by Crippen LogP contribution is 2.32. The molecule has 1 aliphatic rings. The smallest absolute Gasteiger partial charge is 0.161 e. The molecule has 1 fully saturated rings. The van der Waals surface area contributed by atoms with Gasteiger partial charge in [0.2, 0.25) is 0 Å². The van der Waals surface area contributed by atoms with Crippen LogP contribution in [-0.4, -0.2) is 68.4 Å². The van der Waals surface area contributed by atoms with Gasteiger partial charge in [0.15, 0.2) is 11.5 Å². The Bertz CT molecular complexity index is 1130. The van der Waals surface area contributed by atoms with Crippen molar-refractivity contribution in [3.8, 4) is 28.6 Å². The van der Waals surface area contributed by atoms with Crippen molar-refractivity contribution >= 4 is 11.0 Å². The van der Waals surface area contributed by atoms with Crippen LogP contribution in [0.2, 0.25) is 0 Å². The van der Waals surface area contributed by atoms with Gasteiger partial charge < -0.3 is 14.5 Å². The van der Waals surface area contributed by atoms with Crippen molar-refractivity contribution in [3.63, 3.8) is 0 Å². The van der Waals surface area contributed by atoms with Crippen LogP contribution in [0.5, 0.6) is 11.5 Å². The van der Waals surface area contributed by atoms with Crippen molar-refractivity contribution in [2.75, 3.05) is 33.4 Å². The van der Waals surface area contributed by atoms with Gasteiger partial charge in [-0.3, -0.25) is 4.90 Å². The first kappa shape index (κ1) is 18.6. The molecule has 2 aromatic carbocycles. The van der Waals surface area contributed by atoms with E-state index in [1.807, 2.05) is 36.4 Å². The molecular weight excluding hydrogens is 382 g/mol. The van der Waals surface area contributed by atoms with E-state index in [2.05, 4.69) is 25.4 Å². The molecule has 4 aromatic rings. The Balaban J connectivity index is 1.36. The molecule has 0 unspecified atom stereocenters. The zero-order valence-corrected chi connectivity index (χ0v) is 16.8. The highest BCUT2D eigenvalue weighted by Gasteiger charge is 2.14. The lowest BCUT2D eigenvalue weighted by atomic mass is 10.2. The second-order valence-electron chi connectivity index (χ2n) is 7.30. The number of aromatic nitrogens is 6. The normalized spacial score (nSPS) is 14.4. The summed E-state index contributed by atoms with van der Waals surface area (Å²) in [5.41, 5.74) is 3.57. The van der Waals surface area contributed by atoms with Gasteiger partial charge in [0.05, 0.1) is 23.8 Å². The van der Waals surface area contributed by atoms with Crippen LogP contribution >= 0.6 is 0 Å². The molecule has 30 heavy (non-hydrogen) atoms. The number of fused-ring (bicyclic) bond motifs is 1. The van der Waals surface area contributed by atoms with E-state index in [9.17, 15) is 0 Å². The van der Waals surface area contributed by atoms with Crippen molar-refractivity contribution in [3.05, 3.63) is 42.7 Å². The van der Waals surface area contributed by atoms with Gasteiger partial charge in [0.25, 0.3) is 0 Å². The number of benzene rings is 2. The van der Waals surface area contributed by atoms with E-state index in [1.165, 1.54) is 25.9 Å². The van der Waals surface area contributed by atoms with Crippen molar-refractivity contribution in [2.45, 2.75) is 12.8 Å². The standard InChI is InChI=1S/C21H23N7O2/c1-29-20-12-15(4-7-19(20)30-11-10-27-8-2-3-9-27)21-23-17-6-5-16(13-18(17)24-21)28-14-22-25-26-28/h4-7,12-14H,2-3,8-11H2,1H3,(H,23,24).